The highest BCUT2D eigenvalue weighted by Crippen LogP contribution is 2.47. The van der Waals surface area contributed by atoms with Crippen molar-refractivity contribution < 1.29 is 13.6 Å². The molecule has 0 unspecified atom stereocenters. The quantitative estimate of drug-likeness (QED) is 0.664. The normalized spacial score (nSPS) is 17.9. The lowest BCUT2D eigenvalue weighted by atomic mass is 9.96. The van der Waals surface area contributed by atoms with Crippen LogP contribution in [0.5, 0.6) is 0 Å². The van der Waals surface area contributed by atoms with E-state index in [0.29, 0.717) is 0 Å². The molecule has 1 fully saturated rings. The topological polar surface area (TPSA) is 17.1 Å². The van der Waals surface area contributed by atoms with Gasteiger partial charge in [-0.15, -0.1) is 0 Å². The fraction of sp³-hybridized carbons (Fsp3) is 0.364. The first-order chi connectivity index (χ1) is 6.53. The molecule has 1 saturated carbocycles. The Morgan fingerprint density at radius 3 is 2.50 bits per heavy atom. The summed E-state index contributed by atoms with van der Waals surface area (Å²) < 4.78 is 25.8. The maximum atomic E-state index is 13.2. The minimum Gasteiger partial charge on any atom is -0.293 e. The zero-order valence-electron chi connectivity index (χ0n) is 7.81. The molecule has 14 heavy (non-hydrogen) atoms. The molecule has 74 valence electrons. The number of carbonyl (C=O) groups excluding carboxylic acids is 1. The number of ketones is 1. The Morgan fingerprint density at radius 2 is 2.00 bits per heavy atom. The van der Waals surface area contributed by atoms with Crippen LogP contribution in [-0.2, 0) is 0 Å². The smallest absolute Gasteiger partial charge is 0.171 e. The van der Waals surface area contributed by atoms with E-state index in [-0.39, 0.29) is 11.3 Å². The monoisotopic (exact) mass is 196 g/mol. The van der Waals surface area contributed by atoms with Crippen LogP contribution in [0.15, 0.2) is 18.2 Å². The summed E-state index contributed by atoms with van der Waals surface area (Å²) >= 11 is 0. The molecule has 0 saturated heterocycles. The molecular weight excluding hydrogens is 186 g/mol. The van der Waals surface area contributed by atoms with E-state index in [1.807, 2.05) is 0 Å². The summed E-state index contributed by atoms with van der Waals surface area (Å²) in [5.74, 6) is -1.63. The number of Topliss-reactive ketones (excluding diaryl/α,β-unsaturated/α-hetero) is 1. The molecule has 0 heterocycles. The second kappa shape index (κ2) is 2.87. The van der Waals surface area contributed by atoms with Gasteiger partial charge in [0, 0.05) is 11.5 Å². The molecule has 1 aliphatic rings. The summed E-state index contributed by atoms with van der Waals surface area (Å²) in [5.41, 5.74) is -0.398. The van der Waals surface area contributed by atoms with E-state index < -0.39 is 17.0 Å². The minimum atomic E-state index is -0.761. The second-order valence-corrected chi connectivity index (χ2v) is 4.01. The lowest BCUT2D eigenvalue weighted by molar-refractivity contribution is 0.0908. The van der Waals surface area contributed by atoms with Crippen molar-refractivity contribution in [3.05, 3.63) is 35.4 Å². The third kappa shape index (κ3) is 1.43. The van der Waals surface area contributed by atoms with Gasteiger partial charge in [0.25, 0.3) is 0 Å². The predicted octanol–water partition coefficient (Wildman–Crippen LogP) is 2.95. The Balaban J connectivity index is 2.37. The summed E-state index contributed by atoms with van der Waals surface area (Å²) in [5, 5.41) is 0. The lowest BCUT2D eigenvalue weighted by Gasteiger charge is -2.07. The molecule has 0 amide bonds. The van der Waals surface area contributed by atoms with Crippen LogP contribution in [0.2, 0.25) is 0 Å². The number of halogens is 2. The molecule has 3 heteroatoms. The van der Waals surface area contributed by atoms with E-state index in [1.54, 1.807) is 6.92 Å². The molecule has 0 radical (unpaired) electrons. The van der Waals surface area contributed by atoms with Crippen molar-refractivity contribution >= 4 is 5.78 Å². The van der Waals surface area contributed by atoms with E-state index in [0.717, 1.165) is 25.0 Å². The van der Waals surface area contributed by atoms with E-state index in [2.05, 4.69) is 0 Å². The van der Waals surface area contributed by atoms with Crippen LogP contribution in [0.4, 0.5) is 8.78 Å². The maximum Gasteiger partial charge on any atom is 0.171 e. The van der Waals surface area contributed by atoms with Crippen LogP contribution in [0, 0.1) is 17.0 Å². The molecule has 1 aliphatic carbocycles. The number of benzene rings is 1. The highest BCUT2D eigenvalue weighted by Gasteiger charge is 2.45. The van der Waals surface area contributed by atoms with E-state index in [9.17, 15) is 13.6 Å². The fourth-order valence-electron chi connectivity index (χ4n) is 1.41. The molecule has 0 atom stereocenters. The number of hydrogen-bond acceptors (Lipinski definition) is 1. The Morgan fingerprint density at radius 1 is 1.36 bits per heavy atom. The van der Waals surface area contributed by atoms with Gasteiger partial charge >= 0.3 is 0 Å². The van der Waals surface area contributed by atoms with Crippen molar-refractivity contribution in [3.8, 4) is 0 Å². The zero-order chi connectivity index (χ0) is 10.3. The molecule has 0 aromatic heterocycles. The summed E-state index contributed by atoms with van der Waals surface area (Å²) in [4.78, 5) is 11.7. The Labute approximate surface area is 80.7 Å². The van der Waals surface area contributed by atoms with Gasteiger partial charge in [-0.3, -0.25) is 4.79 Å². The van der Waals surface area contributed by atoms with Crippen molar-refractivity contribution in [1.29, 1.82) is 0 Å². The average molecular weight is 196 g/mol. The summed E-state index contributed by atoms with van der Waals surface area (Å²) in [6, 6.07) is 3.08. The Bertz CT molecular complexity index is 394. The molecule has 1 nitrogen and oxygen atoms in total. The molecule has 0 N–H and O–H groups in total. The van der Waals surface area contributed by atoms with Crippen molar-refractivity contribution in [3.63, 3.8) is 0 Å². The molecule has 1 aromatic rings. The summed E-state index contributed by atoms with van der Waals surface area (Å²) in [7, 11) is 0. The third-order valence-electron chi connectivity index (χ3n) is 2.72. The first-order valence-electron chi connectivity index (χ1n) is 4.53. The van der Waals surface area contributed by atoms with Crippen molar-refractivity contribution in [1.82, 2.24) is 0 Å². The third-order valence-corrected chi connectivity index (χ3v) is 2.72. The van der Waals surface area contributed by atoms with Crippen molar-refractivity contribution in [2.45, 2.75) is 19.8 Å². The molecule has 0 bridgehead atoms. The van der Waals surface area contributed by atoms with Crippen LogP contribution in [0.1, 0.15) is 30.1 Å². The first-order valence-corrected chi connectivity index (χ1v) is 4.53. The first kappa shape index (κ1) is 9.31. The molecule has 1 aromatic carbocycles. The maximum absolute atomic E-state index is 13.2. The largest absolute Gasteiger partial charge is 0.293 e. The predicted molar refractivity (Wildman–Crippen MR) is 48.0 cm³/mol. The van der Waals surface area contributed by atoms with Gasteiger partial charge in [-0.25, -0.2) is 8.78 Å². The van der Waals surface area contributed by atoms with Gasteiger partial charge in [-0.2, -0.15) is 0 Å². The molecule has 2 rings (SSSR count). The van der Waals surface area contributed by atoms with Crippen LogP contribution in [0.3, 0.4) is 0 Å². The summed E-state index contributed by atoms with van der Waals surface area (Å²) in [6.07, 6.45) is 1.59. The van der Waals surface area contributed by atoms with E-state index in [4.69, 9.17) is 0 Å². The van der Waals surface area contributed by atoms with Crippen LogP contribution in [0.25, 0.3) is 0 Å². The van der Waals surface area contributed by atoms with Gasteiger partial charge in [-0.1, -0.05) is 6.92 Å². The standard InChI is InChI=1S/C11H10F2O/c1-11(4-5-11)10(14)8-3-2-7(12)6-9(8)13/h2-3,6H,4-5H2,1H3. The van der Waals surface area contributed by atoms with Crippen LogP contribution < -0.4 is 0 Å². The van der Waals surface area contributed by atoms with Crippen molar-refractivity contribution in [2.75, 3.05) is 0 Å². The van der Waals surface area contributed by atoms with Gasteiger partial charge < -0.3 is 0 Å². The van der Waals surface area contributed by atoms with E-state index in [1.165, 1.54) is 6.07 Å². The Kier molecular flexibility index (Phi) is 1.91. The highest BCUT2D eigenvalue weighted by atomic mass is 19.1. The number of rotatable bonds is 2. The SMILES string of the molecule is CC1(C(=O)c2ccc(F)cc2F)CC1. The molecular formula is C11H10F2O. The van der Waals surface area contributed by atoms with Crippen molar-refractivity contribution in [2.24, 2.45) is 5.41 Å². The van der Waals surface area contributed by atoms with Gasteiger partial charge in [0.05, 0.1) is 5.56 Å². The van der Waals surface area contributed by atoms with Gasteiger partial charge in [0.1, 0.15) is 11.6 Å². The van der Waals surface area contributed by atoms with E-state index >= 15 is 0 Å². The van der Waals surface area contributed by atoms with Gasteiger partial charge in [-0.05, 0) is 25.0 Å². The average Bonchev–Trinajstić information content (AvgIpc) is 2.84. The highest BCUT2D eigenvalue weighted by molar-refractivity contribution is 6.02. The van der Waals surface area contributed by atoms with Crippen LogP contribution in [-0.4, -0.2) is 5.78 Å². The zero-order valence-corrected chi connectivity index (χ0v) is 7.81. The second-order valence-electron chi connectivity index (χ2n) is 4.01. The minimum absolute atomic E-state index is 0.00593. The Hall–Kier alpha value is -1.25. The van der Waals surface area contributed by atoms with Gasteiger partial charge in [0.15, 0.2) is 5.78 Å². The fourth-order valence-corrected chi connectivity index (χ4v) is 1.41. The van der Waals surface area contributed by atoms with Crippen LogP contribution >= 0.6 is 0 Å². The number of carbonyl (C=O) groups is 1. The lowest BCUT2D eigenvalue weighted by Crippen LogP contribution is -2.13. The molecule has 0 aliphatic heterocycles. The summed E-state index contributed by atoms with van der Waals surface area (Å²) in [6.45, 7) is 1.80. The number of hydrogen-bond donors (Lipinski definition) is 0. The van der Waals surface area contributed by atoms with Gasteiger partial charge in [0.2, 0.25) is 0 Å². The molecule has 0 spiro atoms.